The van der Waals surface area contributed by atoms with Gasteiger partial charge in [0.05, 0.1) is 6.54 Å². The number of hydrogen-bond acceptors (Lipinski definition) is 6. The van der Waals surface area contributed by atoms with Crippen molar-refractivity contribution in [1.82, 2.24) is 15.2 Å². The molecule has 2 heterocycles. The molecule has 1 saturated heterocycles. The van der Waals surface area contributed by atoms with Crippen LogP contribution in [0.15, 0.2) is 0 Å². The van der Waals surface area contributed by atoms with Crippen LogP contribution < -0.4 is 16.0 Å². The fourth-order valence-electron chi connectivity index (χ4n) is 1.87. The minimum atomic E-state index is -2.58. The molecule has 1 aliphatic heterocycles. The van der Waals surface area contributed by atoms with E-state index >= 15 is 0 Å². The van der Waals surface area contributed by atoms with Gasteiger partial charge in [0.1, 0.15) is 10.7 Å². The minimum Gasteiger partial charge on any atom is -0.382 e. The maximum Gasteiger partial charge on any atom is 0.265 e. The molecule has 20 heavy (non-hydrogen) atoms. The molecular weight excluding hydrogens is 288 g/mol. The van der Waals surface area contributed by atoms with Crippen LogP contribution in [0.5, 0.6) is 0 Å². The number of halogens is 2. The lowest BCUT2D eigenvalue weighted by Crippen LogP contribution is -2.44. The molecule has 1 aromatic heterocycles. The van der Waals surface area contributed by atoms with Gasteiger partial charge in [-0.25, -0.2) is 13.8 Å². The third-order valence-electron chi connectivity index (χ3n) is 3.04. The molecule has 0 aromatic carbocycles. The van der Waals surface area contributed by atoms with Crippen LogP contribution in [0, 0.1) is 0 Å². The van der Waals surface area contributed by atoms with E-state index in [4.69, 9.17) is 5.73 Å². The number of amides is 1. The standard InChI is InChI=1S/C11H17F2N5OS/c1-17-2-4-18(5-3-17)11-16-9(14)8(20-11)10(19)15-6-7(12)13/h7H,2-6,14H2,1H3,(H,15,19). The Morgan fingerprint density at radius 2 is 2.10 bits per heavy atom. The summed E-state index contributed by atoms with van der Waals surface area (Å²) in [7, 11) is 2.04. The van der Waals surface area contributed by atoms with E-state index in [1.165, 1.54) is 0 Å². The molecule has 0 atom stereocenters. The van der Waals surface area contributed by atoms with E-state index in [-0.39, 0.29) is 10.7 Å². The van der Waals surface area contributed by atoms with Gasteiger partial charge in [-0.3, -0.25) is 4.79 Å². The highest BCUT2D eigenvalue weighted by Gasteiger charge is 2.22. The second-order valence-corrected chi connectivity index (χ2v) is 5.58. The number of rotatable bonds is 4. The summed E-state index contributed by atoms with van der Waals surface area (Å²) in [5, 5.41) is 2.80. The fraction of sp³-hybridized carbons (Fsp3) is 0.636. The zero-order valence-corrected chi connectivity index (χ0v) is 11.9. The molecule has 1 amide bonds. The van der Waals surface area contributed by atoms with Crippen molar-refractivity contribution in [3.05, 3.63) is 4.88 Å². The van der Waals surface area contributed by atoms with Crippen molar-refractivity contribution in [2.24, 2.45) is 0 Å². The molecule has 6 nitrogen and oxygen atoms in total. The molecule has 9 heteroatoms. The van der Waals surface area contributed by atoms with Gasteiger partial charge in [-0.05, 0) is 7.05 Å². The second-order valence-electron chi connectivity index (χ2n) is 4.60. The lowest BCUT2D eigenvalue weighted by Gasteiger charge is -2.31. The van der Waals surface area contributed by atoms with E-state index in [2.05, 4.69) is 15.2 Å². The van der Waals surface area contributed by atoms with Crippen molar-refractivity contribution in [1.29, 1.82) is 0 Å². The van der Waals surface area contributed by atoms with Crippen molar-refractivity contribution in [2.75, 3.05) is 50.4 Å². The SMILES string of the molecule is CN1CCN(c2nc(N)c(C(=O)NCC(F)F)s2)CC1. The first kappa shape index (κ1) is 14.9. The monoisotopic (exact) mass is 305 g/mol. The Morgan fingerprint density at radius 3 is 2.70 bits per heavy atom. The summed E-state index contributed by atoms with van der Waals surface area (Å²) < 4.78 is 24.1. The normalized spacial score (nSPS) is 16.7. The molecule has 0 radical (unpaired) electrons. The molecule has 0 saturated carbocycles. The molecule has 0 spiro atoms. The number of piperazine rings is 1. The molecule has 1 aliphatic rings. The van der Waals surface area contributed by atoms with Gasteiger partial charge in [-0.2, -0.15) is 0 Å². The summed E-state index contributed by atoms with van der Waals surface area (Å²) in [6.45, 7) is 2.75. The second kappa shape index (κ2) is 6.31. The molecule has 112 valence electrons. The van der Waals surface area contributed by atoms with Crippen molar-refractivity contribution in [3.63, 3.8) is 0 Å². The smallest absolute Gasteiger partial charge is 0.265 e. The molecule has 1 fully saturated rings. The quantitative estimate of drug-likeness (QED) is 0.846. The summed E-state index contributed by atoms with van der Waals surface area (Å²) in [5.74, 6) is -0.503. The first-order valence-corrected chi connectivity index (χ1v) is 7.05. The highest BCUT2D eigenvalue weighted by Crippen LogP contribution is 2.28. The molecule has 2 rings (SSSR count). The number of alkyl halides is 2. The molecule has 0 aliphatic carbocycles. The van der Waals surface area contributed by atoms with Crippen LogP contribution in [0.1, 0.15) is 9.67 Å². The lowest BCUT2D eigenvalue weighted by atomic mass is 10.3. The van der Waals surface area contributed by atoms with Crippen LogP contribution in [-0.4, -0.2) is 62.0 Å². The summed E-state index contributed by atoms with van der Waals surface area (Å²) in [6.07, 6.45) is -2.58. The van der Waals surface area contributed by atoms with Crippen LogP contribution in [0.3, 0.4) is 0 Å². The van der Waals surface area contributed by atoms with E-state index in [0.717, 1.165) is 37.5 Å². The summed E-state index contributed by atoms with van der Waals surface area (Å²) >= 11 is 1.14. The Balaban J connectivity index is 2.03. The Hall–Kier alpha value is -1.48. The first-order valence-electron chi connectivity index (χ1n) is 6.23. The topological polar surface area (TPSA) is 74.5 Å². The van der Waals surface area contributed by atoms with E-state index in [9.17, 15) is 13.6 Å². The largest absolute Gasteiger partial charge is 0.382 e. The number of anilines is 2. The zero-order chi connectivity index (χ0) is 14.7. The van der Waals surface area contributed by atoms with Crippen LogP contribution >= 0.6 is 11.3 Å². The van der Waals surface area contributed by atoms with Crippen molar-refractivity contribution >= 4 is 28.2 Å². The third kappa shape index (κ3) is 3.54. The minimum absolute atomic E-state index is 0.0932. The number of carbonyl (C=O) groups excluding carboxylic acids is 1. The summed E-state index contributed by atoms with van der Waals surface area (Å²) in [5.41, 5.74) is 5.70. The zero-order valence-electron chi connectivity index (χ0n) is 11.1. The Labute approximate surface area is 119 Å². The number of thiazole rings is 1. The van der Waals surface area contributed by atoms with Crippen LogP contribution in [0.4, 0.5) is 19.7 Å². The van der Waals surface area contributed by atoms with Crippen LogP contribution in [0.25, 0.3) is 0 Å². The van der Waals surface area contributed by atoms with E-state index in [0.29, 0.717) is 5.13 Å². The van der Waals surface area contributed by atoms with Crippen LogP contribution in [-0.2, 0) is 0 Å². The maximum atomic E-state index is 12.1. The van der Waals surface area contributed by atoms with Gasteiger partial charge in [0, 0.05) is 26.2 Å². The number of nitrogens with zero attached hydrogens (tertiary/aromatic N) is 3. The number of hydrogen-bond donors (Lipinski definition) is 2. The molecular formula is C11H17F2N5OS. The number of nitrogen functional groups attached to an aromatic ring is 1. The Bertz CT molecular complexity index is 473. The molecule has 0 unspecified atom stereocenters. The van der Waals surface area contributed by atoms with Gasteiger partial charge in [0.15, 0.2) is 5.13 Å². The fourth-order valence-corrected chi connectivity index (χ4v) is 2.82. The van der Waals surface area contributed by atoms with Gasteiger partial charge < -0.3 is 20.9 Å². The highest BCUT2D eigenvalue weighted by molar-refractivity contribution is 7.18. The van der Waals surface area contributed by atoms with Gasteiger partial charge in [-0.15, -0.1) is 0 Å². The van der Waals surface area contributed by atoms with Crippen molar-refractivity contribution in [2.45, 2.75) is 6.43 Å². The number of likely N-dealkylation sites (N-methyl/N-ethyl adjacent to an activating group) is 1. The van der Waals surface area contributed by atoms with Gasteiger partial charge in [0.25, 0.3) is 12.3 Å². The summed E-state index contributed by atoms with van der Waals surface area (Å²) in [6, 6.07) is 0. The van der Waals surface area contributed by atoms with E-state index in [1.54, 1.807) is 0 Å². The molecule has 3 N–H and O–H groups in total. The average molecular weight is 305 g/mol. The van der Waals surface area contributed by atoms with E-state index < -0.39 is 18.9 Å². The number of nitrogens with two attached hydrogens (primary N) is 1. The number of nitrogens with one attached hydrogen (secondary N) is 1. The van der Waals surface area contributed by atoms with E-state index in [1.807, 2.05) is 11.9 Å². The predicted octanol–water partition coefficient (Wildman–Crippen LogP) is 0.472. The molecule has 1 aromatic rings. The number of aromatic nitrogens is 1. The Kier molecular flexibility index (Phi) is 4.71. The maximum absolute atomic E-state index is 12.1. The van der Waals surface area contributed by atoms with Crippen LogP contribution in [0.2, 0.25) is 0 Å². The highest BCUT2D eigenvalue weighted by atomic mass is 32.1. The van der Waals surface area contributed by atoms with Gasteiger partial charge in [-0.1, -0.05) is 11.3 Å². The number of carbonyl (C=O) groups is 1. The Morgan fingerprint density at radius 1 is 1.45 bits per heavy atom. The van der Waals surface area contributed by atoms with Crippen molar-refractivity contribution < 1.29 is 13.6 Å². The van der Waals surface area contributed by atoms with Crippen molar-refractivity contribution in [3.8, 4) is 0 Å². The first-order chi connectivity index (χ1) is 9.47. The average Bonchev–Trinajstić information content (AvgIpc) is 2.79. The predicted molar refractivity (Wildman–Crippen MR) is 74.6 cm³/mol. The lowest BCUT2D eigenvalue weighted by molar-refractivity contribution is 0.0896. The van der Waals surface area contributed by atoms with Gasteiger partial charge in [0.2, 0.25) is 0 Å². The third-order valence-corrected chi connectivity index (χ3v) is 4.17. The summed E-state index contributed by atoms with van der Waals surface area (Å²) in [4.78, 5) is 20.3. The van der Waals surface area contributed by atoms with Gasteiger partial charge >= 0.3 is 0 Å². The molecule has 0 bridgehead atoms.